The van der Waals surface area contributed by atoms with E-state index in [1.54, 1.807) is 17.9 Å². The zero-order valence-corrected chi connectivity index (χ0v) is 13.1. The number of halogens is 1. The van der Waals surface area contributed by atoms with Crippen LogP contribution in [0.25, 0.3) is 0 Å². The van der Waals surface area contributed by atoms with Crippen molar-refractivity contribution in [2.75, 3.05) is 7.05 Å². The molecule has 2 rings (SSSR count). The van der Waals surface area contributed by atoms with Gasteiger partial charge in [-0.1, -0.05) is 11.6 Å². The lowest BCUT2D eigenvalue weighted by Crippen LogP contribution is -2.26. The summed E-state index contributed by atoms with van der Waals surface area (Å²) >= 11 is 6.05. The average molecular weight is 318 g/mol. The first kappa shape index (κ1) is 15.0. The number of hydrogen-bond donors (Lipinski definition) is 0. The van der Waals surface area contributed by atoms with Crippen LogP contribution in [-0.2, 0) is 30.2 Å². The Morgan fingerprint density at radius 3 is 2.60 bits per heavy atom. The number of hydrogen-bond acceptors (Lipinski definition) is 4. The van der Waals surface area contributed by atoms with Crippen molar-refractivity contribution < 1.29 is 8.42 Å². The summed E-state index contributed by atoms with van der Waals surface area (Å²) in [7, 11) is -0.433. The topological polar surface area (TPSA) is 73.0 Å². The van der Waals surface area contributed by atoms with Crippen molar-refractivity contribution in [1.29, 1.82) is 0 Å². The Bertz CT molecular complexity index is 706. The van der Waals surface area contributed by atoms with Gasteiger partial charge in [0.05, 0.1) is 23.5 Å². The van der Waals surface area contributed by atoms with E-state index in [1.807, 2.05) is 6.92 Å². The van der Waals surface area contributed by atoms with Crippen LogP contribution >= 0.6 is 11.6 Å². The maximum atomic E-state index is 12.3. The van der Waals surface area contributed by atoms with Gasteiger partial charge in [0.1, 0.15) is 4.90 Å². The summed E-state index contributed by atoms with van der Waals surface area (Å²) in [5, 5.41) is 8.57. The Hall–Kier alpha value is -1.38. The van der Waals surface area contributed by atoms with Gasteiger partial charge in [0.15, 0.2) is 0 Å². The minimum absolute atomic E-state index is 0.114. The fourth-order valence-corrected chi connectivity index (χ4v) is 3.04. The molecule has 0 fully saturated rings. The van der Waals surface area contributed by atoms with Gasteiger partial charge in [-0.25, -0.2) is 8.42 Å². The van der Waals surface area contributed by atoms with Gasteiger partial charge in [-0.15, -0.1) is 0 Å². The van der Waals surface area contributed by atoms with Gasteiger partial charge in [-0.05, 0) is 6.92 Å². The Morgan fingerprint density at radius 1 is 1.40 bits per heavy atom. The molecule has 0 atom stereocenters. The maximum absolute atomic E-state index is 12.3. The van der Waals surface area contributed by atoms with E-state index in [1.165, 1.54) is 28.4 Å². The molecule has 0 saturated heterocycles. The molecule has 20 heavy (non-hydrogen) atoms. The van der Waals surface area contributed by atoms with E-state index in [9.17, 15) is 8.42 Å². The second-order valence-electron chi connectivity index (χ2n) is 4.39. The normalized spacial score (nSPS) is 12.2. The Balaban J connectivity index is 2.23. The molecule has 0 N–H and O–H groups in total. The fourth-order valence-electron chi connectivity index (χ4n) is 1.71. The molecule has 7 nitrogen and oxygen atoms in total. The van der Waals surface area contributed by atoms with Crippen LogP contribution in [0.4, 0.5) is 0 Å². The van der Waals surface area contributed by atoms with Gasteiger partial charge in [-0.3, -0.25) is 9.36 Å². The number of sulfonamides is 1. The molecule has 9 heteroatoms. The molecule has 0 bridgehead atoms. The number of aromatic nitrogens is 4. The molecule has 0 saturated carbocycles. The SMILES string of the molecule is CCn1cc(Cl)c(CN(C)S(=O)(=O)c2cnn(C)c2)n1. The quantitative estimate of drug-likeness (QED) is 0.828. The average Bonchev–Trinajstić information content (AvgIpc) is 2.96. The fraction of sp³-hybridized carbons (Fsp3) is 0.455. The number of aryl methyl sites for hydroxylation is 2. The highest BCUT2D eigenvalue weighted by atomic mass is 35.5. The molecule has 0 aliphatic rings. The van der Waals surface area contributed by atoms with E-state index in [0.717, 1.165) is 0 Å². The highest BCUT2D eigenvalue weighted by molar-refractivity contribution is 7.89. The third-order valence-electron chi connectivity index (χ3n) is 2.87. The first-order valence-corrected chi connectivity index (χ1v) is 7.83. The van der Waals surface area contributed by atoms with Crippen LogP contribution in [-0.4, -0.2) is 39.3 Å². The summed E-state index contributed by atoms with van der Waals surface area (Å²) in [6.07, 6.45) is 4.46. The monoisotopic (exact) mass is 317 g/mol. The molecule has 2 heterocycles. The molecular formula is C11H16ClN5O2S. The van der Waals surface area contributed by atoms with Crippen molar-refractivity contribution in [1.82, 2.24) is 23.9 Å². The third kappa shape index (κ3) is 2.87. The molecule has 0 unspecified atom stereocenters. The second kappa shape index (κ2) is 5.55. The third-order valence-corrected chi connectivity index (χ3v) is 4.95. The lowest BCUT2D eigenvalue weighted by atomic mass is 10.4. The van der Waals surface area contributed by atoms with Crippen LogP contribution in [0.3, 0.4) is 0 Å². The summed E-state index contributed by atoms with van der Waals surface area (Å²) in [5.41, 5.74) is 0.531. The van der Waals surface area contributed by atoms with Crippen LogP contribution in [0.2, 0.25) is 5.02 Å². The highest BCUT2D eigenvalue weighted by Crippen LogP contribution is 2.19. The predicted molar refractivity (Wildman–Crippen MR) is 74.8 cm³/mol. The molecule has 0 radical (unpaired) electrons. The first-order valence-electron chi connectivity index (χ1n) is 6.01. The van der Waals surface area contributed by atoms with Crippen LogP contribution in [0.15, 0.2) is 23.5 Å². The van der Waals surface area contributed by atoms with E-state index in [2.05, 4.69) is 10.2 Å². The standard InChI is InChI=1S/C11H16ClN5O2S/c1-4-17-7-10(12)11(14-17)8-16(3)20(18,19)9-5-13-15(2)6-9/h5-7H,4,8H2,1-3H3. The van der Waals surface area contributed by atoms with Crippen molar-refractivity contribution in [3.8, 4) is 0 Å². The summed E-state index contributed by atoms with van der Waals surface area (Å²) in [4.78, 5) is 0.147. The number of nitrogens with zero attached hydrogens (tertiary/aromatic N) is 5. The van der Waals surface area contributed by atoms with Gasteiger partial charge in [-0.2, -0.15) is 14.5 Å². The molecule has 110 valence electrons. The van der Waals surface area contributed by atoms with Crippen LogP contribution < -0.4 is 0 Å². The zero-order chi connectivity index (χ0) is 14.9. The van der Waals surface area contributed by atoms with Gasteiger partial charge < -0.3 is 0 Å². The lowest BCUT2D eigenvalue weighted by molar-refractivity contribution is 0.458. The minimum atomic E-state index is -3.59. The number of rotatable bonds is 5. The molecule has 0 amide bonds. The second-order valence-corrected chi connectivity index (χ2v) is 6.84. The van der Waals surface area contributed by atoms with Crippen LogP contribution in [0.5, 0.6) is 0 Å². The Kier molecular flexibility index (Phi) is 4.17. The summed E-state index contributed by atoms with van der Waals surface area (Å²) in [6.45, 7) is 2.73. The molecule has 0 aromatic carbocycles. The van der Waals surface area contributed by atoms with E-state index < -0.39 is 10.0 Å². The van der Waals surface area contributed by atoms with E-state index in [-0.39, 0.29) is 11.4 Å². The largest absolute Gasteiger partial charge is 0.274 e. The van der Waals surface area contributed by atoms with Gasteiger partial charge in [0.2, 0.25) is 10.0 Å². The van der Waals surface area contributed by atoms with Crippen molar-refractivity contribution in [3.63, 3.8) is 0 Å². The molecule has 0 spiro atoms. The lowest BCUT2D eigenvalue weighted by Gasteiger charge is -2.14. The molecule has 0 aliphatic carbocycles. The summed E-state index contributed by atoms with van der Waals surface area (Å²) in [6, 6.07) is 0. The van der Waals surface area contributed by atoms with Gasteiger partial charge >= 0.3 is 0 Å². The van der Waals surface area contributed by atoms with Crippen LogP contribution in [0.1, 0.15) is 12.6 Å². The Labute approximate surface area is 122 Å². The smallest absolute Gasteiger partial charge is 0.246 e. The first-order chi connectivity index (χ1) is 9.34. The summed E-state index contributed by atoms with van der Waals surface area (Å²) in [5.74, 6) is 0. The molecule has 2 aromatic heterocycles. The van der Waals surface area contributed by atoms with E-state index >= 15 is 0 Å². The van der Waals surface area contributed by atoms with Crippen molar-refractivity contribution in [3.05, 3.63) is 29.3 Å². The van der Waals surface area contributed by atoms with Gasteiger partial charge in [0.25, 0.3) is 0 Å². The van der Waals surface area contributed by atoms with E-state index in [4.69, 9.17) is 11.6 Å². The minimum Gasteiger partial charge on any atom is -0.274 e. The van der Waals surface area contributed by atoms with Crippen molar-refractivity contribution >= 4 is 21.6 Å². The highest BCUT2D eigenvalue weighted by Gasteiger charge is 2.24. The van der Waals surface area contributed by atoms with Crippen LogP contribution in [0, 0.1) is 0 Å². The van der Waals surface area contributed by atoms with Crippen molar-refractivity contribution in [2.24, 2.45) is 7.05 Å². The van der Waals surface area contributed by atoms with Crippen molar-refractivity contribution in [2.45, 2.75) is 24.9 Å². The predicted octanol–water partition coefficient (Wildman–Crippen LogP) is 1.11. The zero-order valence-electron chi connectivity index (χ0n) is 11.5. The van der Waals surface area contributed by atoms with E-state index in [0.29, 0.717) is 17.3 Å². The molecule has 0 aliphatic heterocycles. The van der Waals surface area contributed by atoms with Gasteiger partial charge in [0, 0.05) is 33.0 Å². The molecule has 2 aromatic rings. The summed E-state index contributed by atoms with van der Waals surface area (Å²) < 4.78 is 29.0. The molecular weight excluding hydrogens is 302 g/mol. The Morgan fingerprint density at radius 2 is 2.10 bits per heavy atom. The maximum Gasteiger partial charge on any atom is 0.246 e.